The average molecular weight is 435 g/mol. The van der Waals surface area contributed by atoms with Gasteiger partial charge in [-0.15, -0.1) is 11.3 Å². The first-order valence-corrected chi connectivity index (χ1v) is 11.6. The maximum Gasteiger partial charge on any atom is 0.280 e. The van der Waals surface area contributed by atoms with Crippen molar-refractivity contribution in [2.45, 2.75) is 44.7 Å². The molecule has 0 radical (unpaired) electrons. The van der Waals surface area contributed by atoms with Crippen LogP contribution in [0.2, 0.25) is 0 Å². The number of likely N-dealkylation sites (N-methyl/N-ethyl adjacent to an activating group) is 1. The van der Waals surface area contributed by atoms with Crippen LogP contribution < -0.4 is 10.0 Å². The first kappa shape index (κ1) is 20.0. The van der Waals surface area contributed by atoms with Crippen LogP contribution in [-0.2, 0) is 34.9 Å². The minimum atomic E-state index is -3.84. The summed E-state index contributed by atoms with van der Waals surface area (Å²) in [5, 5.41) is 17.1. The van der Waals surface area contributed by atoms with Crippen molar-refractivity contribution in [2.24, 2.45) is 7.05 Å². The van der Waals surface area contributed by atoms with E-state index in [4.69, 9.17) is 0 Å². The molecular formula is C18H22N6O3S2. The van der Waals surface area contributed by atoms with Crippen molar-refractivity contribution in [1.29, 1.82) is 5.26 Å². The number of aryl methyl sites for hydroxylation is 3. The lowest BCUT2D eigenvalue weighted by Crippen LogP contribution is -2.56. The lowest BCUT2D eigenvalue weighted by molar-refractivity contribution is -0.120. The molecule has 1 amide bonds. The molecule has 3 heterocycles. The zero-order valence-electron chi connectivity index (χ0n) is 16.4. The zero-order chi connectivity index (χ0) is 20.9. The number of fused-ring (bicyclic) bond motifs is 1. The first-order chi connectivity index (χ1) is 13.7. The second kappa shape index (κ2) is 7.21. The fraction of sp³-hybridized carbons (Fsp3) is 0.500. The molecule has 1 aliphatic heterocycles. The van der Waals surface area contributed by atoms with Gasteiger partial charge >= 0.3 is 0 Å². The molecule has 2 aliphatic rings. The van der Waals surface area contributed by atoms with Gasteiger partial charge in [0.25, 0.3) is 10.2 Å². The van der Waals surface area contributed by atoms with Gasteiger partial charge in [0.05, 0.1) is 17.3 Å². The molecule has 2 aromatic rings. The van der Waals surface area contributed by atoms with Crippen LogP contribution in [0.1, 0.15) is 46.1 Å². The number of nitriles is 1. The lowest BCUT2D eigenvalue weighted by Gasteiger charge is -2.35. The quantitative estimate of drug-likeness (QED) is 0.756. The van der Waals surface area contributed by atoms with Gasteiger partial charge in [-0.25, -0.2) is 0 Å². The highest BCUT2D eigenvalue weighted by molar-refractivity contribution is 7.87. The smallest absolute Gasteiger partial charge is 0.280 e. The summed E-state index contributed by atoms with van der Waals surface area (Å²) in [6.07, 6.45) is 4.80. The standard InChI is InChI=1S/C18H22N6O3S2/c1-10-13(9-23(2)21-10)14-7-15(24(3)29(26,27)22-14)17(25)20-18-12(8-19)11-5-4-6-16(11)28-18/h9,14-15,22H,4-7H2,1-3H3,(H,20,25)/t14-,15-/m0/s1. The topological polar surface area (TPSA) is 120 Å². The third-order valence-electron chi connectivity index (χ3n) is 5.57. The van der Waals surface area contributed by atoms with Crippen molar-refractivity contribution in [3.8, 4) is 6.07 Å². The molecule has 2 aromatic heterocycles. The summed E-state index contributed by atoms with van der Waals surface area (Å²) in [5.74, 6) is -0.430. The number of hydrogen-bond donors (Lipinski definition) is 2. The van der Waals surface area contributed by atoms with Crippen molar-refractivity contribution in [2.75, 3.05) is 12.4 Å². The molecule has 0 saturated carbocycles. The Morgan fingerprint density at radius 3 is 2.83 bits per heavy atom. The van der Waals surface area contributed by atoms with Crippen molar-refractivity contribution in [1.82, 2.24) is 18.8 Å². The molecule has 2 N–H and O–H groups in total. The molecule has 1 saturated heterocycles. The monoisotopic (exact) mass is 434 g/mol. The highest BCUT2D eigenvalue weighted by atomic mass is 32.2. The Morgan fingerprint density at radius 1 is 1.41 bits per heavy atom. The zero-order valence-corrected chi connectivity index (χ0v) is 18.0. The maximum atomic E-state index is 13.1. The normalized spacial score (nSPS) is 23.5. The third-order valence-corrected chi connectivity index (χ3v) is 8.37. The summed E-state index contributed by atoms with van der Waals surface area (Å²) in [4.78, 5) is 14.2. The molecule has 1 aliphatic carbocycles. The average Bonchev–Trinajstić information content (AvgIpc) is 3.31. The SMILES string of the molecule is Cc1nn(C)cc1[C@@H]1C[C@@H](C(=O)Nc2sc3c(c2C#N)CCC3)N(C)S(=O)(=O)N1. The van der Waals surface area contributed by atoms with Crippen LogP contribution in [0.3, 0.4) is 0 Å². The molecule has 1 fully saturated rings. The molecule has 29 heavy (non-hydrogen) atoms. The van der Waals surface area contributed by atoms with Gasteiger partial charge in [-0.1, -0.05) is 0 Å². The number of anilines is 1. The van der Waals surface area contributed by atoms with Gasteiger partial charge in [-0.3, -0.25) is 9.48 Å². The van der Waals surface area contributed by atoms with E-state index in [1.54, 1.807) is 17.9 Å². The van der Waals surface area contributed by atoms with E-state index in [1.807, 2.05) is 6.92 Å². The Morgan fingerprint density at radius 2 is 2.17 bits per heavy atom. The molecule has 9 nitrogen and oxygen atoms in total. The molecular weight excluding hydrogens is 412 g/mol. The highest BCUT2D eigenvalue weighted by Gasteiger charge is 2.42. The van der Waals surface area contributed by atoms with Gasteiger partial charge in [0, 0.05) is 30.7 Å². The Balaban J connectivity index is 1.62. The van der Waals surface area contributed by atoms with E-state index < -0.39 is 28.2 Å². The predicted molar refractivity (Wildman–Crippen MR) is 109 cm³/mol. The van der Waals surface area contributed by atoms with Gasteiger partial charge in [-0.05, 0) is 38.2 Å². The summed E-state index contributed by atoms with van der Waals surface area (Å²) in [6, 6.07) is 0.751. The summed E-state index contributed by atoms with van der Waals surface area (Å²) in [5.41, 5.74) is 2.98. The fourth-order valence-electron chi connectivity index (χ4n) is 4.08. The van der Waals surface area contributed by atoms with Crippen LogP contribution in [0.4, 0.5) is 5.00 Å². The second-order valence-corrected chi connectivity index (χ2v) is 10.3. The van der Waals surface area contributed by atoms with Crippen LogP contribution >= 0.6 is 11.3 Å². The number of nitrogens with zero attached hydrogens (tertiary/aromatic N) is 4. The molecule has 4 rings (SSSR count). The number of carbonyl (C=O) groups excluding carboxylic acids is 1. The van der Waals surface area contributed by atoms with Crippen LogP contribution in [0.25, 0.3) is 0 Å². The van der Waals surface area contributed by atoms with Crippen LogP contribution in [0.5, 0.6) is 0 Å². The number of amides is 1. The summed E-state index contributed by atoms with van der Waals surface area (Å²) >= 11 is 1.42. The number of aromatic nitrogens is 2. The minimum absolute atomic E-state index is 0.265. The van der Waals surface area contributed by atoms with Crippen LogP contribution in [-0.4, -0.2) is 41.5 Å². The minimum Gasteiger partial charge on any atom is -0.315 e. The molecule has 0 bridgehead atoms. The van der Waals surface area contributed by atoms with E-state index in [0.717, 1.165) is 39.6 Å². The van der Waals surface area contributed by atoms with Crippen molar-refractivity contribution < 1.29 is 13.2 Å². The Bertz CT molecular complexity index is 1130. The van der Waals surface area contributed by atoms with Gasteiger partial charge in [0.1, 0.15) is 17.1 Å². The molecule has 154 valence electrons. The number of nitrogens with one attached hydrogen (secondary N) is 2. The van der Waals surface area contributed by atoms with Gasteiger partial charge in [-0.2, -0.15) is 27.8 Å². The summed E-state index contributed by atoms with van der Waals surface area (Å²) in [7, 11) is -0.686. The second-order valence-electron chi connectivity index (χ2n) is 7.45. The van der Waals surface area contributed by atoms with Gasteiger partial charge in [0.2, 0.25) is 5.91 Å². The molecule has 0 aromatic carbocycles. The molecule has 2 atom stereocenters. The number of thiophene rings is 1. The highest BCUT2D eigenvalue weighted by Crippen LogP contribution is 2.39. The van der Waals surface area contributed by atoms with Crippen LogP contribution in [0, 0.1) is 18.3 Å². The maximum absolute atomic E-state index is 13.1. The largest absolute Gasteiger partial charge is 0.315 e. The van der Waals surface area contributed by atoms with Crippen LogP contribution in [0.15, 0.2) is 6.20 Å². The van der Waals surface area contributed by atoms with Crippen molar-refractivity contribution in [3.63, 3.8) is 0 Å². The van der Waals surface area contributed by atoms with Gasteiger partial charge in [0.15, 0.2) is 0 Å². The van der Waals surface area contributed by atoms with E-state index in [1.165, 1.54) is 18.4 Å². The van der Waals surface area contributed by atoms with Crippen molar-refractivity contribution in [3.05, 3.63) is 33.5 Å². The van der Waals surface area contributed by atoms with Crippen molar-refractivity contribution >= 4 is 32.5 Å². The Labute approximate surface area is 173 Å². The predicted octanol–water partition coefficient (Wildman–Crippen LogP) is 1.37. The van der Waals surface area contributed by atoms with E-state index in [9.17, 15) is 18.5 Å². The van der Waals surface area contributed by atoms with E-state index in [-0.39, 0.29) is 6.42 Å². The number of hydrogen-bond acceptors (Lipinski definition) is 6. The van der Waals surface area contributed by atoms with E-state index in [2.05, 4.69) is 21.2 Å². The summed E-state index contributed by atoms with van der Waals surface area (Å²) in [6.45, 7) is 1.81. The van der Waals surface area contributed by atoms with Gasteiger partial charge < -0.3 is 5.32 Å². The number of rotatable bonds is 3. The fourth-order valence-corrected chi connectivity index (χ4v) is 6.59. The Kier molecular flexibility index (Phi) is 4.98. The van der Waals surface area contributed by atoms with E-state index in [0.29, 0.717) is 16.3 Å². The lowest BCUT2D eigenvalue weighted by atomic mass is 10.00. The molecule has 0 spiro atoms. The van der Waals surface area contributed by atoms with E-state index >= 15 is 0 Å². The Hall–Kier alpha value is -2.26. The third kappa shape index (κ3) is 3.46. The summed E-state index contributed by atoms with van der Waals surface area (Å²) < 4.78 is 30.6. The molecule has 0 unspecified atom stereocenters. The molecule has 11 heteroatoms. The first-order valence-electron chi connectivity index (χ1n) is 9.32. The number of carbonyl (C=O) groups is 1.